The number of aromatic nitrogens is 2. The zero-order valence-corrected chi connectivity index (χ0v) is 16.3. The number of carbonyl (C=O) groups is 3. The first kappa shape index (κ1) is 20.2. The van der Waals surface area contributed by atoms with Crippen LogP contribution in [0.25, 0.3) is 0 Å². The number of likely N-dealkylation sites (tertiary alicyclic amines) is 1. The van der Waals surface area contributed by atoms with Gasteiger partial charge in [0.2, 0.25) is 11.8 Å². The molecule has 28 heavy (non-hydrogen) atoms. The summed E-state index contributed by atoms with van der Waals surface area (Å²) in [6.07, 6.45) is 1.47. The first-order valence-electron chi connectivity index (χ1n) is 9.49. The lowest BCUT2D eigenvalue weighted by atomic mass is 9.91. The zero-order valence-electron chi connectivity index (χ0n) is 16.3. The molecule has 2 aliphatic rings. The average Bonchev–Trinajstić information content (AvgIpc) is 3.27. The van der Waals surface area contributed by atoms with Gasteiger partial charge in [0.25, 0.3) is 0 Å². The van der Waals surface area contributed by atoms with Crippen molar-refractivity contribution in [2.45, 2.75) is 45.1 Å². The quantitative estimate of drug-likeness (QED) is 0.624. The molecule has 2 amide bonds. The van der Waals surface area contributed by atoms with Crippen molar-refractivity contribution in [2.75, 3.05) is 39.5 Å². The molecule has 0 saturated carbocycles. The molecule has 1 unspecified atom stereocenters. The molecule has 2 saturated heterocycles. The largest absolute Gasteiger partial charge is 0.463 e. The molecule has 10 heteroatoms. The molecule has 0 N–H and O–H groups in total. The minimum atomic E-state index is -0.844. The molecule has 1 aromatic heterocycles. The molecule has 0 aliphatic carbocycles. The second-order valence-corrected chi connectivity index (χ2v) is 7.30. The Bertz CT molecular complexity index is 729. The number of rotatable bonds is 6. The minimum Gasteiger partial charge on any atom is -0.463 e. The van der Waals surface area contributed by atoms with Crippen molar-refractivity contribution in [1.29, 1.82) is 0 Å². The van der Waals surface area contributed by atoms with Gasteiger partial charge >= 0.3 is 5.97 Å². The fourth-order valence-electron chi connectivity index (χ4n) is 3.80. The van der Waals surface area contributed by atoms with Crippen LogP contribution in [0.4, 0.5) is 0 Å². The number of nitrogens with zero attached hydrogens (tertiary/aromatic N) is 4. The van der Waals surface area contributed by atoms with E-state index in [0.29, 0.717) is 50.7 Å². The van der Waals surface area contributed by atoms with Gasteiger partial charge in [-0.25, -0.2) is 4.63 Å². The Morgan fingerprint density at radius 3 is 2.54 bits per heavy atom. The summed E-state index contributed by atoms with van der Waals surface area (Å²) in [5, 5.41) is 7.48. The Labute approximate surface area is 163 Å². The number of morpholine rings is 1. The predicted octanol–water partition coefficient (Wildman–Crippen LogP) is 0.0937. The molecular formula is C18H26N4O6. The Kier molecular flexibility index (Phi) is 6.28. The molecule has 0 spiro atoms. The molecule has 2 fully saturated rings. The monoisotopic (exact) mass is 394 g/mol. The first-order chi connectivity index (χ1) is 13.4. The van der Waals surface area contributed by atoms with Gasteiger partial charge in [-0.05, 0) is 19.8 Å². The average molecular weight is 394 g/mol. The highest BCUT2D eigenvalue weighted by Gasteiger charge is 2.47. The van der Waals surface area contributed by atoms with Crippen molar-refractivity contribution in [2.24, 2.45) is 0 Å². The van der Waals surface area contributed by atoms with Crippen LogP contribution in [0.2, 0.25) is 0 Å². The van der Waals surface area contributed by atoms with Gasteiger partial charge in [-0.1, -0.05) is 10.3 Å². The van der Waals surface area contributed by atoms with Crippen molar-refractivity contribution in [1.82, 2.24) is 20.1 Å². The van der Waals surface area contributed by atoms with Gasteiger partial charge in [-0.3, -0.25) is 14.4 Å². The van der Waals surface area contributed by atoms with Gasteiger partial charge < -0.3 is 19.3 Å². The molecule has 154 valence electrons. The summed E-state index contributed by atoms with van der Waals surface area (Å²) < 4.78 is 15.3. The third kappa shape index (κ3) is 4.49. The van der Waals surface area contributed by atoms with Gasteiger partial charge in [0.1, 0.15) is 18.0 Å². The van der Waals surface area contributed by atoms with Gasteiger partial charge in [-0.15, -0.1) is 0 Å². The lowest BCUT2D eigenvalue weighted by Gasteiger charge is -2.39. The van der Waals surface area contributed by atoms with E-state index in [-0.39, 0.29) is 31.3 Å². The summed E-state index contributed by atoms with van der Waals surface area (Å²) in [5.41, 5.74) is 0.184. The molecule has 1 aromatic rings. The number of hydrogen-bond donors (Lipinski definition) is 0. The lowest BCUT2D eigenvalue weighted by molar-refractivity contribution is -0.153. The van der Waals surface area contributed by atoms with E-state index in [9.17, 15) is 14.4 Å². The summed E-state index contributed by atoms with van der Waals surface area (Å²) in [5.74, 6) is -0.679. The first-order valence-corrected chi connectivity index (χ1v) is 9.49. The molecule has 0 bridgehead atoms. The smallest absolute Gasteiger partial charge is 0.302 e. The molecule has 1 atom stereocenters. The highest BCUT2D eigenvalue weighted by atomic mass is 16.6. The van der Waals surface area contributed by atoms with E-state index in [1.54, 1.807) is 16.7 Å². The van der Waals surface area contributed by atoms with Crippen LogP contribution in [0.1, 0.15) is 37.6 Å². The van der Waals surface area contributed by atoms with E-state index in [0.717, 1.165) is 6.42 Å². The number of amides is 2. The number of carbonyl (C=O) groups excluding carboxylic acids is 3. The SMILES string of the molecule is CC(=O)OCC1(CC(=O)N2CCOCC2)CCCN1C(=O)Cc1nonc1C. The summed E-state index contributed by atoms with van der Waals surface area (Å²) in [6.45, 7) is 5.61. The second-order valence-electron chi connectivity index (χ2n) is 7.30. The van der Waals surface area contributed by atoms with Gasteiger partial charge in [0, 0.05) is 26.6 Å². The van der Waals surface area contributed by atoms with Crippen LogP contribution >= 0.6 is 0 Å². The fraction of sp³-hybridized carbons (Fsp3) is 0.722. The highest BCUT2D eigenvalue weighted by molar-refractivity contribution is 5.83. The van der Waals surface area contributed by atoms with Crippen molar-refractivity contribution >= 4 is 17.8 Å². The van der Waals surface area contributed by atoms with Crippen LogP contribution in [0.15, 0.2) is 4.63 Å². The Morgan fingerprint density at radius 1 is 1.14 bits per heavy atom. The lowest BCUT2D eigenvalue weighted by Crippen LogP contribution is -2.55. The normalized spacial score (nSPS) is 22.4. The second kappa shape index (κ2) is 8.68. The fourth-order valence-corrected chi connectivity index (χ4v) is 3.80. The molecule has 10 nitrogen and oxygen atoms in total. The van der Waals surface area contributed by atoms with Crippen LogP contribution in [-0.2, 0) is 30.3 Å². The number of aryl methyl sites for hydroxylation is 1. The summed E-state index contributed by atoms with van der Waals surface area (Å²) in [4.78, 5) is 40.8. The van der Waals surface area contributed by atoms with Crippen LogP contribution < -0.4 is 0 Å². The zero-order chi connectivity index (χ0) is 20.1. The van der Waals surface area contributed by atoms with E-state index < -0.39 is 11.5 Å². The summed E-state index contributed by atoms with van der Waals surface area (Å²) >= 11 is 0. The minimum absolute atomic E-state index is 0.000199. The highest BCUT2D eigenvalue weighted by Crippen LogP contribution is 2.34. The Morgan fingerprint density at radius 2 is 1.89 bits per heavy atom. The molecule has 0 aromatic carbocycles. The maximum Gasteiger partial charge on any atom is 0.302 e. The Hall–Kier alpha value is -2.49. The third-order valence-electron chi connectivity index (χ3n) is 5.35. The molecular weight excluding hydrogens is 368 g/mol. The predicted molar refractivity (Wildman–Crippen MR) is 95.1 cm³/mol. The van der Waals surface area contributed by atoms with E-state index in [4.69, 9.17) is 9.47 Å². The van der Waals surface area contributed by atoms with E-state index >= 15 is 0 Å². The number of esters is 1. The van der Waals surface area contributed by atoms with Crippen molar-refractivity contribution in [3.8, 4) is 0 Å². The Balaban J connectivity index is 1.77. The van der Waals surface area contributed by atoms with E-state index in [2.05, 4.69) is 14.9 Å². The topological polar surface area (TPSA) is 115 Å². The maximum atomic E-state index is 13.0. The molecule has 2 aliphatic heterocycles. The third-order valence-corrected chi connectivity index (χ3v) is 5.35. The van der Waals surface area contributed by atoms with Crippen LogP contribution in [0.5, 0.6) is 0 Å². The summed E-state index contributed by atoms with van der Waals surface area (Å²) in [6, 6.07) is 0. The summed E-state index contributed by atoms with van der Waals surface area (Å²) in [7, 11) is 0. The molecule has 0 radical (unpaired) electrons. The molecule has 3 heterocycles. The van der Waals surface area contributed by atoms with Crippen LogP contribution in [-0.4, -0.2) is 82.9 Å². The van der Waals surface area contributed by atoms with Crippen LogP contribution in [0.3, 0.4) is 0 Å². The van der Waals surface area contributed by atoms with E-state index in [1.807, 2.05) is 0 Å². The van der Waals surface area contributed by atoms with Crippen molar-refractivity contribution < 1.29 is 28.5 Å². The van der Waals surface area contributed by atoms with Gasteiger partial charge in [0.05, 0.1) is 31.6 Å². The standard InChI is InChI=1S/C18H26N4O6/c1-13-15(20-28-19-13)10-16(24)22-5-3-4-18(22,12-27-14(2)23)11-17(25)21-6-8-26-9-7-21/h3-12H2,1-2H3. The van der Waals surface area contributed by atoms with Crippen LogP contribution in [0, 0.1) is 6.92 Å². The van der Waals surface area contributed by atoms with Gasteiger partial charge in [-0.2, -0.15) is 0 Å². The van der Waals surface area contributed by atoms with Gasteiger partial charge in [0.15, 0.2) is 0 Å². The number of hydrogen-bond acceptors (Lipinski definition) is 8. The molecule has 3 rings (SSSR count). The number of ether oxygens (including phenoxy) is 2. The van der Waals surface area contributed by atoms with Crippen molar-refractivity contribution in [3.05, 3.63) is 11.4 Å². The van der Waals surface area contributed by atoms with Crippen molar-refractivity contribution in [3.63, 3.8) is 0 Å². The maximum absolute atomic E-state index is 13.0. The van der Waals surface area contributed by atoms with E-state index in [1.165, 1.54) is 6.92 Å².